The van der Waals surface area contributed by atoms with E-state index in [-0.39, 0.29) is 12.2 Å². The number of hydrogen-bond donors (Lipinski definition) is 0. The van der Waals surface area contributed by atoms with E-state index < -0.39 is 29.6 Å². The molecule has 0 bridgehead atoms. The van der Waals surface area contributed by atoms with Gasteiger partial charge < -0.3 is 0 Å². The summed E-state index contributed by atoms with van der Waals surface area (Å²) in [4.78, 5) is 15.6. The van der Waals surface area contributed by atoms with Crippen molar-refractivity contribution in [3.05, 3.63) is 41.0 Å². The van der Waals surface area contributed by atoms with Crippen molar-refractivity contribution in [2.24, 2.45) is 5.41 Å². The van der Waals surface area contributed by atoms with Crippen LogP contribution in [-0.2, 0) is 4.79 Å². The zero-order valence-corrected chi connectivity index (χ0v) is 11.9. The first-order chi connectivity index (χ1) is 10.4. The molecule has 2 atom stereocenters. The van der Waals surface area contributed by atoms with Crippen LogP contribution in [0.25, 0.3) is 4.85 Å². The van der Waals surface area contributed by atoms with E-state index in [0.29, 0.717) is 18.5 Å². The SMILES string of the molecule is [C-]#[N+]c1cc(F)cc([C@@H]2CCN3CC(C)(C(F)F)C(=O)N23)c1. The Morgan fingerprint density at radius 2 is 2.14 bits per heavy atom. The highest BCUT2D eigenvalue weighted by Gasteiger charge is 2.57. The van der Waals surface area contributed by atoms with Gasteiger partial charge in [0.2, 0.25) is 0 Å². The molecule has 4 nitrogen and oxygen atoms in total. The van der Waals surface area contributed by atoms with Gasteiger partial charge in [0.05, 0.1) is 12.6 Å². The maximum Gasteiger partial charge on any atom is 0.254 e. The highest BCUT2D eigenvalue weighted by Crippen LogP contribution is 2.45. The van der Waals surface area contributed by atoms with E-state index in [4.69, 9.17) is 6.57 Å². The standard InChI is InChI=1S/C15H14F3N3O/c1-15(13(17)18)8-20-4-3-12(21(20)14(15)22)9-5-10(16)7-11(6-9)19-2/h5-7,12-13H,3-4,8H2,1H3/t12-,15?/m0/s1. The molecule has 1 aromatic carbocycles. The Balaban J connectivity index is 1.97. The molecule has 0 saturated carbocycles. The first kappa shape index (κ1) is 14.9. The average molecular weight is 309 g/mol. The largest absolute Gasteiger partial charge is 0.272 e. The van der Waals surface area contributed by atoms with Gasteiger partial charge in [0.15, 0.2) is 5.69 Å². The van der Waals surface area contributed by atoms with Crippen molar-refractivity contribution >= 4 is 11.6 Å². The molecule has 116 valence electrons. The van der Waals surface area contributed by atoms with Crippen molar-refractivity contribution in [1.82, 2.24) is 10.0 Å². The fourth-order valence-corrected chi connectivity index (χ4v) is 3.16. The molecule has 7 heteroatoms. The van der Waals surface area contributed by atoms with Gasteiger partial charge >= 0.3 is 0 Å². The number of fused-ring (bicyclic) bond motifs is 1. The van der Waals surface area contributed by atoms with Crippen LogP contribution in [0.15, 0.2) is 18.2 Å². The third-order valence-corrected chi connectivity index (χ3v) is 4.37. The summed E-state index contributed by atoms with van der Waals surface area (Å²) in [6.07, 6.45) is -2.22. The minimum atomic E-state index is -2.75. The Hall–Kier alpha value is -2.07. The van der Waals surface area contributed by atoms with Gasteiger partial charge in [-0.25, -0.2) is 23.0 Å². The number of benzene rings is 1. The third kappa shape index (κ3) is 2.06. The van der Waals surface area contributed by atoms with Crippen molar-refractivity contribution in [3.8, 4) is 0 Å². The number of rotatable bonds is 2. The lowest BCUT2D eigenvalue weighted by atomic mass is 9.90. The summed E-state index contributed by atoms with van der Waals surface area (Å²) in [6, 6.07) is 3.38. The number of halogens is 3. The summed E-state index contributed by atoms with van der Waals surface area (Å²) in [5.74, 6) is -1.20. The Labute approximate surface area is 125 Å². The zero-order valence-electron chi connectivity index (χ0n) is 11.9. The number of hydrazine groups is 1. The number of nitrogens with zero attached hydrogens (tertiary/aromatic N) is 3. The number of hydrogen-bond acceptors (Lipinski definition) is 2. The van der Waals surface area contributed by atoms with E-state index in [0.717, 1.165) is 6.07 Å². The fourth-order valence-electron chi connectivity index (χ4n) is 3.16. The van der Waals surface area contributed by atoms with Gasteiger partial charge in [0.1, 0.15) is 11.2 Å². The predicted molar refractivity (Wildman–Crippen MR) is 72.6 cm³/mol. The van der Waals surface area contributed by atoms with E-state index in [1.807, 2.05) is 0 Å². The van der Waals surface area contributed by atoms with Crippen molar-refractivity contribution in [2.75, 3.05) is 13.1 Å². The minimum Gasteiger partial charge on any atom is -0.272 e. The molecule has 2 saturated heterocycles. The van der Waals surface area contributed by atoms with Crippen LogP contribution in [0.1, 0.15) is 24.9 Å². The number of alkyl halides is 2. The molecule has 22 heavy (non-hydrogen) atoms. The second-order valence-electron chi connectivity index (χ2n) is 5.92. The van der Waals surface area contributed by atoms with Gasteiger partial charge in [0.25, 0.3) is 12.3 Å². The van der Waals surface area contributed by atoms with E-state index in [1.54, 1.807) is 5.01 Å². The first-order valence-corrected chi connectivity index (χ1v) is 6.91. The second kappa shape index (κ2) is 4.99. The molecule has 2 fully saturated rings. The number of carbonyl (C=O) groups is 1. The third-order valence-electron chi connectivity index (χ3n) is 4.37. The molecule has 0 spiro atoms. The Bertz CT molecular complexity index is 672. The number of amides is 1. The second-order valence-corrected chi connectivity index (χ2v) is 5.92. The average Bonchev–Trinajstić information content (AvgIpc) is 2.98. The predicted octanol–water partition coefficient (Wildman–Crippen LogP) is 3.15. The van der Waals surface area contributed by atoms with Gasteiger partial charge in [-0.15, -0.1) is 0 Å². The lowest BCUT2D eigenvalue weighted by Crippen LogP contribution is -2.39. The molecule has 0 N–H and O–H groups in total. The molecule has 0 aromatic heterocycles. The molecule has 1 aromatic rings. The van der Waals surface area contributed by atoms with E-state index in [1.165, 1.54) is 24.1 Å². The van der Waals surface area contributed by atoms with Crippen molar-refractivity contribution in [2.45, 2.75) is 25.8 Å². The molecule has 2 aliphatic heterocycles. The van der Waals surface area contributed by atoms with Crippen LogP contribution in [0.3, 0.4) is 0 Å². The van der Waals surface area contributed by atoms with E-state index in [2.05, 4.69) is 4.85 Å². The normalized spacial score (nSPS) is 28.3. The van der Waals surface area contributed by atoms with E-state index in [9.17, 15) is 18.0 Å². The summed E-state index contributed by atoms with van der Waals surface area (Å²) in [5.41, 5.74) is -1.12. The quantitative estimate of drug-likeness (QED) is 0.785. The van der Waals surface area contributed by atoms with Gasteiger partial charge in [0, 0.05) is 13.1 Å². The number of carbonyl (C=O) groups excluding carboxylic acids is 1. The summed E-state index contributed by atoms with van der Waals surface area (Å²) >= 11 is 0. The summed E-state index contributed by atoms with van der Waals surface area (Å²) in [6.45, 7) is 8.66. The molecule has 1 unspecified atom stereocenters. The van der Waals surface area contributed by atoms with Gasteiger partial charge in [-0.05, 0) is 31.0 Å². The maximum atomic E-state index is 13.6. The van der Waals surface area contributed by atoms with Crippen LogP contribution in [0.2, 0.25) is 0 Å². The first-order valence-electron chi connectivity index (χ1n) is 6.91. The highest BCUT2D eigenvalue weighted by atomic mass is 19.3. The molecule has 2 aliphatic rings. The van der Waals surface area contributed by atoms with Crippen LogP contribution in [0, 0.1) is 17.8 Å². The van der Waals surface area contributed by atoms with E-state index >= 15 is 0 Å². The summed E-state index contributed by atoms with van der Waals surface area (Å²) < 4.78 is 40.0. The molecular weight excluding hydrogens is 295 g/mol. The van der Waals surface area contributed by atoms with Gasteiger partial charge in [-0.3, -0.25) is 9.80 Å². The molecule has 1 amide bonds. The summed E-state index contributed by atoms with van der Waals surface area (Å²) in [7, 11) is 0. The van der Waals surface area contributed by atoms with Crippen molar-refractivity contribution < 1.29 is 18.0 Å². The monoisotopic (exact) mass is 309 g/mol. The zero-order chi connectivity index (χ0) is 16.1. The molecule has 0 aliphatic carbocycles. The maximum absolute atomic E-state index is 13.6. The Morgan fingerprint density at radius 1 is 1.41 bits per heavy atom. The van der Waals surface area contributed by atoms with Crippen LogP contribution in [0.5, 0.6) is 0 Å². The van der Waals surface area contributed by atoms with Crippen LogP contribution < -0.4 is 0 Å². The van der Waals surface area contributed by atoms with Crippen LogP contribution in [0.4, 0.5) is 18.9 Å². The minimum absolute atomic E-state index is 0.0367. The smallest absolute Gasteiger partial charge is 0.254 e. The molecule has 3 rings (SSSR count). The fraction of sp³-hybridized carbons (Fsp3) is 0.467. The lowest BCUT2D eigenvalue weighted by molar-refractivity contribution is -0.147. The molecule has 2 heterocycles. The Kier molecular flexibility index (Phi) is 3.37. The Morgan fingerprint density at radius 3 is 2.77 bits per heavy atom. The topological polar surface area (TPSA) is 27.9 Å². The lowest BCUT2D eigenvalue weighted by Gasteiger charge is -2.26. The summed E-state index contributed by atoms with van der Waals surface area (Å²) in [5, 5.41) is 2.91. The van der Waals surface area contributed by atoms with Gasteiger partial charge in [-0.1, -0.05) is 6.07 Å². The molecular formula is C15H14F3N3O. The van der Waals surface area contributed by atoms with Crippen molar-refractivity contribution in [3.63, 3.8) is 0 Å². The van der Waals surface area contributed by atoms with Crippen molar-refractivity contribution in [1.29, 1.82) is 0 Å². The molecule has 0 radical (unpaired) electrons. The van der Waals surface area contributed by atoms with Crippen LogP contribution in [-0.4, -0.2) is 35.4 Å². The highest BCUT2D eigenvalue weighted by molar-refractivity contribution is 5.85. The van der Waals surface area contributed by atoms with Crippen LogP contribution >= 0.6 is 0 Å². The van der Waals surface area contributed by atoms with Gasteiger partial charge in [-0.2, -0.15) is 0 Å².